The van der Waals surface area contributed by atoms with Crippen molar-refractivity contribution in [2.24, 2.45) is 0 Å². The quantitative estimate of drug-likeness (QED) is 0.389. The molecule has 1 amide bonds. The van der Waals surface area contributed by atoms with Gasteiger partial charge in [0.2, 0.25) is 11.7 Å². The van der Waals surface area contributed by atoms with E-state index in [4.69, 9.17) is 29.3 Å². The number of phenols is 1. The molecule has 3 aromatic rings. The fourth-order valence-corrected chi connectivity index (χ4v) is 4.37. The van der Waals surface area contributed by atoms with Crippen LogP contribution in [0.2, 0.25) is 0 Å². The Bertz CT molecular complexity index is 1180. The van der Waals surface area contributed by atoms with Gasteiger partial charge in [0, 0.05) is 32.7 Å². The van der Waals surface area contributed by atoms with Crippen molar-refractivity contribution in [3.8, 4) is 17.2 Å². The van der Waals surface area contributed by atoms with Gasteiger partial charge in [-0.1, -0.05) is 60.7 Å². The number of carbonyl (C=O) groups is 3. The van der Waals surface area contributed by atoms with Gasteiger partial charge in [-0.05, 0) is 28.8 Å². The molecule has 1 saturated heterocycles. The summed E-state index contributed by atoms with van der Waals surface area (Å²) in [6, 6.07) is 23.6. The summed E-state index contributed by atoms with van der Waals surface area (Å²) in [6.45, 7) is 3.57. The Kier molecular flexibility index (Phi) is 10.3. The molecule has 1 aliphatic rings. The maximum Gasteiger partial charge on any atom is 0.414 e. The van der Waals surface area contributed by atoms with E-state index >= 15 is 0 Å². The predicted molar refractivity (Wildman–Crippen MR) is 143 cm³/mol. The number of rotatable bonds is 7. The summed E-state index contributed by atoms with van der Waals surface area (Å²) < 4.78 is 10.5. The van der Waals surface area contributed by atoms with Gasteiger partial charge in [-0.25, -0.2) is 9.59 Å². The molecule has 0 saturated carbocycles. The van der Waals surface area contributed by atoms with Crippen LogP contribution >= 0.6 is 0 Å². The summed E-state index contributed by atoms with van der Waals surface area (Å²) in [5.74, 6) is -3.01. The van der Waals surface area contributed by atoms with Crippen molar-refractivity contribution >= 4 is 17.8 Å². The third-order valence-corrected chi connectivity index (χ3v) is 6.33. The molecule has 0 atom stereocenters. The molecule has 0 aliphatic carbocycles. The average Bonchev–Trinajstić information content (AvgIpc) is 2.95. The normalized spacial score (nSPS) is 13.3. The van der Waals surface area contributed by atoms with Crippen LogP contribution in [0.25, 0.3) is 0 Å². The average molecular weight is 537 g/mol. The maximum atomic E-state index is 13.6. The molecule has 1 aliphatic heterocycles. The molecule has 0 radical (unpaired) electrons. The highest BCUT2D eigenvalue weighted by atomic mass is 16.5. The van der Waals surface area contributed by atoms with Crippen molar-refractivity contribution in [1.82, 2.24) is 9.80 Å². The van der Waals surface area contributed by atoms with Crippen LogP contribution in [0.4, 0.5) is 0 Å². The molecule has 39 heavy (non-hydrogen) atoms. The molecule has 0 aromatic heterocycles. The highest BCUT2D eigenvalue weighted by Crippen LogP contribution is 2.37. The Morgan fingerprint density at radius 2 is 1.21 bits per heavy atom. The van der Waals surface area contributed by atoms with E-state index in [2.05, 4.69) is 4.90 Å². The number of hydrogen-bond acceptors (Lipinski definition) is 7. The van der Waals surface area contributed by atoms with Crippen LogP contribution in [0.15, 0.2) is 72.8 Å². The monoisotopic (exact) mass is 536 g/mol. The molecule has 3 N–H and O–H groups in total. The Labute approximate surface area is 226 Å². The summed E-state index contributed by atoms with van der Waals surface area (Å²) >= 11 is 0. The lowest BCUT2D eigenvalue weighted by Crippen LogP contribution is -2.49. The summed E-state index contributed by atoms with van der Waals surface area (Å²) in [7, 11) is 3.05. The number of benzene rings is 3. The van der Waals surface area contributed by atoms with E-state index in [9.17, 15) is 9.90 Å². The van der Waals surface area contributed by atoms with Crippen molar-refractivity contribution in [2.75, 3.05) is 40.4 Å². The molecule has 206 valence electrons. The Morgan fingerprint density at radius 3 is 1.59 bits per heavy atom. The first kappa shape index (κ1) is 29.0. The lowest BCUT2D eigenvalue weighted by molar-refractivity contribution is -0.159. The van der Waals surface area contributed by atoms with E-state index in [0.717, 1.165) is 29.8 Å². The Hall–Kier alpha value is -4.57. The fourth-order valence-electron chi connectivity index (χ4n) is 4.37. The third-order valence-electron chi connectivity index (χ3n) is 6.33. The van der Waals surface area contributed by atoms with Crippen LogP contribution in [0.3, 0.4) is 0 Å². The van der Waals surface area contributed by atoms with Gasteiger partial charge in [0.25, 0.3) is 0 Å². The zero-order valence-corrected chi connectivity index (χ0v) is 21.8. The highest BCUT2D eigenvalue weighted by molar-refractivity contribution is 6.27. The van der Waals surface area contributed by atoms with Crippen molar-refractivity contribution in [2.45, 2.75) is 12.5 Å². The topological polar surface area (TPSA) is 137 Å². The summed E-state index contributed by atoms with van der Waals surface area (Å²) in [5.41, 5.74) is 3.02. The summed E-state index contributed by atoms with van der Waals surface area (Å²) in [5, 5.41) is 24.9. The lowest BCUT2D eigenvalue weighted by Gasteiger charge is -2.36. The molecule has 4 rings (SSSR count). The molecule has 1 heterocycles. The largest absolute Gasteiger partial charge is 0.502 e. The van der Waals surface area contributed by atoms with E-state index in [-0.39, 0.29) is 17.6 Å². The van der Waals surface area contributed by atoms with Crippen molar-refractivity contribution in [3.05, 3.63) is 89.5 Å². The molecule has 3 aromatic carbocycles. The number of amides is 1. The number of methoxy groups -OCH3 is 2. The minimum Gasteiger partial charge on any atom is -0.502 e. The van der Waals surface area contributed by atoms with Crippen molar-refractivity contribution in [3.63, 3.8) is 0 Å². The lowest BCUT2D eigenvalue weighted by atomic mass is 9.90. The SMILES string of the molecule is COc1cc(CN2CCN(C(=O)C(c3ccccc3)c3ccccc3)CC2)cc(OC)c1O.O=C(O)C(=O)O. The Morgan fingerprint density at radius 1 is 0.769 bits per heavy atom. The van der Waals surface area contributed by atoms with Gasteiger partial charge in [0.15, 0.2) is 11.5 Å². The van der Waals surface area contributed by atoms with Gasteiger partial charge < -0.3 is 29.7 Å². The summed E-state index contributed by atoms with van der Waals surface area (Å²) in [4.78, 5) is 36.1. The number of aromatic hydroxyl groups is 1. The molecular weight excluding hydrogens is 504 g/mol. The number of carboxylic acids is 2. The van der Waals surface area contributed by atoms with Crippen LogP contribution in [-0.4, -0.2) is 83.4 Å². The first-order valence-electron chi connectivity index (χ1n) is 12.3. The van der Waals surface area contributed by atoms with Gasteiger partial charge in [-0.2, -0.15) is 0 Å². The molecule has 10 nitrogen and oxygen atoms in total. The van der Waals surface area contributed by atoms with Crippen LogP contribution < -0.4 is 9.47 Å². The van der Waals surface area contributed by atoms with E-state index in [1.165, 1.54) is 14.2 Å². The molecule has 0 unspecified atom stereocenters. The third kappa shape index (κ3) is 7.71. The molecular formula is C29H32N2O8. The number of nitrogens with zero attached hydrogens (tertiary/aromatic N) is 2. The molecule has 0 spiro atoms. The van der Waals surface area contributed by atoms with Gasteiger partial charge in [-0.15, -0.1) is 0 Å². The highest BCUT2D eigenvalue weighted by Gasteiger charge is 2.30. The van der Waals surface area contributed by atoms with E-state index in [1.54, 1.807) is 0 Å². The standard InChI is InChI=1S/C27H30N2O4.C2H2O4/c1-32-23-17-20(18-24(33-2)26(23)30)19-28-13-15-29(16-14-28)27(31)25(21-9-5-3-6-10-21)22-11-7-4-8-12-22;3-1(4)2(5)6/h3-12,17-18,25,30H,13-16,19H2,1-2H3;(H,3,4)(H,5,6). The first-order chi connectivity index (χ1) is 18.7. The number of ether oxygens (including phenoxy) is 2. The minimum atomic E-state index is -1.82. The zero-order chi connectivity index (χ0) is 28.4. The van der Waals surface area contributed by atoms with Crippen molar-refractivity contribution < 1.29 is 39.2 Å². The van der Waals surface area contributed by atoms with E-state index < -0.39 is 11.9 Å². The predicted octanol–water partition coefficient (Wildman–Crippen LogP) is 3.04. The van der Waals surface area contributed by atoms with Gasteiger partial charge in [-0.3, -0.25) is 9.69 Å². The zero-order valence-electron chi connectivity index (χ0n) is 21.8. The number of carbonyl (C=O) groups excluding carboxylic acids is 1. The number of piperazine rings is 1. The second kappa shape index (κ2) is 13.8. The first-order valence-corrected chi connectivity index (χ1v) is 12.3. The van der Waals surface area contributed by atoms with Gasteiger partial charge in [0.05, 0.1) is 20.1 Å². The van der Waals surface area contributed by atoms with E-state index in [0.29, 0.717) is 31.1 Å². The smallest absolute Gasteiger partial charge is 0.414 e. The summed E-state index contributed by atoms with van der Waals surface area (Å²) in [6.07, 6.45) is 0. The van der Waals surface area contributed by atoms with Crippen molar-refractivity contribution in [1.29, 1.82) is 0 Å². The number of carboxylic acid groups (broad SMARTS) is 2. The second-order valence-corrected chi connectivity index (χ2v) is 8.82. The number of phenolic OH excluding ortho intramolecular Hbond substituents is 1. The maximum absolute atomic E-state index is 13.6. The minimum absolute atomic E-state index is 0.00651. The van der Waals surface area contributed by atoms with Gasteiger partial charge in [0.1, 0.15) is 0 Å². The molecule has 0 bridgehead atoms. The van der Waals surface area contributed by atoms with Crippen LogP contribution in [0.5, 0.6) is 17.2 Å². The number of aliphatic carboxylic acids is 2. The Balaban J connectivity index is 0.000000631. The molecule has 1 fully saturated rings. The van der Waals surface area contributed by atoms with Gasteiger partial charge >= 0.3 is 11.9 Å². The van der Waals surface area contributed by atoms with Crippen LogP contribution in [-0.2, 0) is 20.9 Å². The van der Waals surface area contributed by atoms with E-state index in [1.807, 2.05) is 77.7 Å². The number of hydrogen-bond donors (Lipinski definition) is 3. The second-order valence-electron chi connectivity index (χ2n) is 8.82. The fraction of sp³-hybridized carbons (Fsp3) is 0.276. The van der Waals surface area contributed by atoms with Crippen LogP contribution in [0, 0.1) is 0 Å². The molecule has 10 heteroatoms. The van der Waals surface area contributed by atoms with Crippen LogP contribution in [0.1, 0.15) is 22.6 Å².